The van der Waals surface area contributed by atoms with Gasteiger partial charge in [0.1, 0.15) is 0 Å². The monoisotopic (exact) mass is 351 g/mol. The quantitative estimate of drug-likeness (QED) is 0.597. The van der Waals surface area contributed by atoms with Crippen molar-refractivity contribution >= 4 is 17.7 Å². The molecular formula is C16H28F3N3S. The minimum absolute atomic E-state index is 0.130. The minimum Gasteiger partial charge on any atom is -0.357 e. The van der Waals surface area contributed by atoms with Crippen LogP contribution < -0.4 is 10.6 Å². The number of rotatable bonds is 4. The Balaban J connectivity index is 1.87. The first-order valence-corrected chi connectivity index (χ1v) is 9.83. The molecular weight excluding hydrogens is 323 g/mol. The second kappa shape index (κ2) is 9.04. The van der Waals surface area contributed by atoms with Gasteiger partial charge < -0.3 is 10.6 Å². The average Bonchev–Trinajstić information content (AvgIpc) is 2.53. The Morgan fingerprint density at radius 3 is 2.57 bits per heavy atom. The van der Waals surface area contributed by atoms with Gasteiger partial charge in [0, 0.05) is 19.1 Å². The lowest BCUT2D eigenvalue weighted by atomic mass is 9.85. The van der Waals surface area contributed by atoms with Crippen molar-refractivity contribution in [1.82, 2.24) is 10.6 Å². The predicted molar refractivity (Wildman–Crippen MR) is 91.0 cm³/mol. The van der Waals surface area contributed by atoms with Crippen molar-refractivity contribution in [2.45, 2.75) is 57.7 Å². The maximum absolute atomic E-state index is 12.9. The van der Waals surface area contributed by atoms with Crippen LogP contribution in [0.3, 0.4) is 0 Å². The zero-order chi connectivity index (χ0) is 16.7. The largest absolute Gasteiger partial charge is 0.391 e. The van der Waals surface area contributed by atoms with E-state index in [1.807, 2.05) is 18.7 Å². The topological polar surface area (TPSA) is 36.4 Å². The second-order valence-electron chi connectivity index (χ2n) is 6.52. The van der Waals surface area contributed by atoms with E-state index in [9.17, 15) is 13.2 Å². The first kappa shape index (κ1) is 18.7. The van der Waals surface area contributed by atoms with Crippen molar-refractivity contribution in [3.8, 4) is 0 Å². The Hall–Kier alpha value is -0.590. The molecule has 23 heavy (non-hydrogen) atoms. The number of hydrogen-bond donors (Lipinski definition) is 2. The summed E-state index contributed by atoms with van der Waals surface area (Å²) in [6.07, 6.45) is 0.136. The molecule has 1 saturated carbocycles. The molecule has 0 aromatic rings. The smallest absolute Gasteiger partial charge is 0.357 e. The molecule has 2 fully saturated rings. The van der Waals surface area contributed by atoms with E-state index in [0.717, 1.165) is 19.5 Å². The van der Waals surface area contributed by atoms with Crippen LogP contribution in [0.4, 0.5) is 13.2 Å². The van der Waals surface area contributed by atoms with E-state index in [4.69, 9.17) is 0 Å². The molecule has 0 radical (unpaired) electrons. The highest BCUT2D eigenvalue weighted by Crippen LogP contribution is 2.37. The molecule has 1 heterocycles. The van der Waals surface area contributed by atoms with Crippen LogP contribution in [0.25, 0.3) is 0 Å². The molecule has 134 valence electrons. The first-order chi connectivity index (χ1) is 11.0. The van der Waals surface area contributed by atoms with Gasteiger partial charge in [-0.25, -0.2) is 0 Å². The molecule has 2 aliphatic rings. The van der Waals surface area contributed by atoms with Gasteiger partial charge in [-0.1, -0.05) is 6.42 Å². The van der Waals surface area contributed by atoms with Gasteiger partial charge in [0.2, 0.25) is 0 Å². The van der Waals surface area contributed by atoms with E-state index in [1.165, 1.54) is 24.3 Å². The first-order valence-electron chi connectivity index (χ1n) is 8.68. The van der Waals surface area contributed by atoms with E-state index in [1.54, 1.807) is 0 Å². The normalized spacial score (nSPS) is 27.7. The average molecular weight is 351 g/mol. The maximum atomic E-state index is 12.9. The molecule has 0 amide bonds. The summed E-state index contributed by atoms with van der Waals surface area (Å²) in [5.41, 5.74) is 0. The lowest BCUT2D eigenvalue weighted by Gasteiger charge is -2.32. The zero-order valence-electron chi connectivity index (χ0n) is 13.8. The Labute approximate surface area is 141 Å². The molecule has 0 bridgehead atoms. The summed E-state index contributed by atoms with van der Waals surface area (Å²) >= 11 is 1.99. The van der Waals surface area contributed by atoms with Gasteiger partial charge >= 0.3 is 6.18 Å². The van der Waals surface area contributed by atoms with Crippen molar-refractivity contribution in [3.63, 3.8) is 0 Å². The Kier molecular flexibility index (Phi) is 7.37. The van der Waals surface area contributed by atoms with Crippen LogP contribution in [0.15, 0.2) is 4.99 Å². The summed E-state index contributed by atoms with van der Waals surface area (Å²) in [5, 5.41) is 6.41. The Morgan fingerprint density at radius 2 is 1.91 bits per heavy atom. The molecule has 2 rings (SSSR count). The zero-order valence-corrected chi connectivity index (χ0v) is 14.6. The molecule has 0 spiro atoms. The molecule has 3 nitrogen and oxygen atoms in total. The summed E-state index contributed by atoms with van der Waals surface area (Å²) in [6, 6.07) is -0.130. The number of alkyl halides is 3. The SMILES string of the molecule is CCNC(=NCC1CCSCC1)NC1CCCC(C(F)(F)F)C1. The summed E-state index contributed by atoms with van der Waals surface area (Å²) < 4.78 is 38.7. The number of guanidine groups is 1. The molecule has 0 aromatic carbocycles. The van der Waals surface area contributed by atoms with Gasteiger partial charge in [-0.2, -0.15) is 24.9 Å². The standard InChI is InChI=1S/C16H28F3N3S/c1-2-20-15(21-11-12-6-8-23-9-7-12)22-14-5-3-4-13(10-14)16(17,18)19/h12-14H,2-11H2,1H3,(H2,20,21,22). The summed E-state index contributed by atoms with van der Waals surface area (Å²) in [6.45, 7) is 3.47. The van der Waals surface area contributed by atoms with Crippen molar-refractivity contribution in [2.75, 3.05) is 24.6 Å². The van der Waals surface area contributed by atoms with Gasteiger partial charge in [-0.3, -0.25) is 4.99 Å². The Bertz CT molecular complexity index is 381. The van der Waals surface area contributed by atoms with Crippen LogP contribution in [-0.2, 0) is 0 Å². The highest BCUT2D eigenvalue weighted by molar-refractivity contribution is 7.99. The van der Waals surface area contributed by atoms with E-state index >= 15 is 0 Å². The van der Waals surface area contributed by atoms with Crippen LogP contribution in [0.1, 0.15) is 45.4 Å². The van der Waals surface area contributed by atoms with Crippen molar-refractivity contribution < 1.29 is 13.2 Å². The summed E-state index contributed by atoms with van der Waals surface area (Å²) in [4.78, 5) is 4.62. The third-order valence-electron chi connectivity index (χ3n) is 4.67. The molecule has 2 unspecified atom stereocenters. The fourth-order valence-corrected chi connectivity index (χ4v) is 4.49. The van der Waals surface area contributed by atoms with Crippen molar-refractivity contribution in [1.29, 1.82) is 0 Å². The van der Waals surface area contributed by atoms with Crippen LogP contribution in [0.2, 0.25) is 0 Å². The minimum atomic E-state index is -4.07. The van der Waals surface area contributed by atoms with E-state index in [0.29, 0.717) is 18.3 Å². The van der Waals surface area contributed by atoms with E-state index < -0.39 is 12.1 Å². The van der Waals surface area contributed by atoms with Gasteiger partial charge in [0.15, 0.2) is 5.96 Å². The number of thioether (sulfide) groups is 1. The number of nitrogens with zero attached hydrogens (tertiary/aromatic N) is 1. The number of nitrogens with one attached hydrogen (secondary N) is 2. The third-order valence-corrected chi connectivity index (χ3v) is 5.72. The van der Waals surface area contributed by atoms with Crippen LogP contribution in [-0.4, -0.2) is 42.8 Å². The van der Waals surface area contributed by atoms with Gasteiger partial charge in [0.25, 0.3) is 0 Å². The predicted octanol–water partition coefficient (Wildman–Crippen LogP) is 3.81. The van der Waals surface area contributed by atoms with Gasteiger partial charge in [-0.05, 0) is 56.5 Å². The molecule has 0 aromatic heterocycles. The summed E-state index contributed by atoms with van der Waals surface area (Å²) in [7, 11) is 0. The van der Waals surface area contributed by atoms with Crippen LogP contribution in [0.5, 0.6) is 0 Å². The molecule has 1 saturated heterocycles. The highest BCUT2D eigenvalue weighted by Gasteiger charge is 2.42. The van der Waals surface area contributed by atoms with Crippen molar-refractivity contribution in [2.24, 2.45) is 16.8 Å². The number of hydrogen-bond acceptors (Lipinski definition) is 2. The molecule has 2 atom stereocenters. The third kappa shape index (κ3) is 6.43. The van der Waals surface area contributed by atoms with Crippen LogP contribution in [0, 0.1) is 11.8 Å². The van der Waals surface area contributed by atoms with E-state index in [-0.39, 0.29) is 18.9 Å². The number of halogens is 3. The second-order valence-corrected chi connectivity index (χ2v) is 7.75. The Morgan fingerprint density at radius 1 is 1.17 bits per heavy atom. The highest BCUT2D eigenvalue weighted by atomic mass is 32.2. The van der Waals surface area contributed by atoms with Crippen molar-refractivity contribution in [3.05, 3.63) is 0 Å². The summed E-state index contributed by atoms with van der Waals surface area (Å²) in [5.74, 6) is 2.51. The van der Waals surface area contributed by atoms with Gasteiger partial charge in [0.05, 0.1) is 5.92 Å². The molecule has 1 aliphatic heterocycles. The number of aliphatic imine (C=N–C) groups is 1. The lowest BCUT2D eigenvalue weighted by molar-refractivity contribution is -0.183. The lowest BCUT2D eigenvalue weighted by Crippen LogP contribution is -2.47. The van der Waals surface area contributed by atoms with Gasteiger partial charge in [-0.15, -0.1) is 0 Å². The molecule has 7 heteroatoms. The molecule has 2 N–H and O–H groups in total. The fraction of sp³-hybridized carbons (Fsp3) is 0.938. The maximum Gasteiger partial charge on any atom is 0.391 e. The fourth-order valence-electron chi connectivity index (χ4n) is 3.28. The van der Waals surface area contributed by atoms with Crippen LogP contribution >= 0.6 is 11.8 Å². The van der Waals surface area contributed by atoms with E-state index in [2.05, 4.69) is 15.6 Å². The molecule has 1 aliphatic carbocycles.